The van der Waals surface area contributed by atoms with Gasteiger partial charge in [-0.15, -0.1) is 0 Å². The molecule has 0 radical (unpaired) electrons. The molecule has 0 aromatic rings. The molecule has 0 spiro atoms. The molecule has 2 atom stereocenters. The Kier molecular flexibility index (Phi) is 4.10. The first-order chi connectivity index (χ1) is 8.92. The van der Waals surface area contributed by atoms with Crippen LogP contribution in [-0.4, -0.2) is 52.6 Å². The SMILES string of the molecule is CC(C(=O)NC1CCCC1)N1CCC(N)(C(=O)O)C1. The Morgan fingerprint density at radius 2 is 2.05 bits per heavy atom. The van der Waals surface area contributed by atoms with Crippen LogP contribution in [0.3, 0.4) is 0 Å². The van der Waals surface area contributed by atoms with Crippen LogP contribution in [0.25, 0.3) is 0 Å². The minimum Gasteiger partial charge on any atom is -0.480 e. The van der Waals surface area contributed by atoms with E-state index < -0.39 is 11.5 Å². The minimum absolute atomic E-state index is 0.0125. The summed E-state index contributed by atoms with van der Waals surface area (Å²) in [7, 11) is 0. The first-order valence-electron chi connectivity index (χ1n) is 6.99. The van der Waals surface area contributed by atoms with E-state index in [4.69, 9.17) is 10.8 Å². The van der Waals surface area contributed by atoms with E-state index in [0.717, 1.165) is 12.8 Å². The number of hydrogen-bond acceptors (Lipinski definition) is 4. The van der Waals surface area contributed by atoms with E-state index in [9.17, 15) is 9.59 Å². The van der Waals surface area contributed by atoms with Gasteiger partial charge in [-0.2, -0.15) is 0 Å². The molecule has 6 heteroatoms. The number of nitrogens with zero attached hydrogens (tertiary/aromatic N) is 1. The molecule has 2 fully saturated rings. The molecule has 4 N–H and O–H groups in total. The zero-order valence-corrected chi connectivity index (χ0v) is 11.4. The standard InChI is InChI=1S/C13H23N3O3/c1-9(11(17)15-10-4-2-3-5-10)16-7-6-13(14,8-16)12(18)19/h9-10H,2-8,14H2,1H3,(H,15,17)(H,18,19). The highest BCUT2D eigenvalue weighted by Gasteiger charge is 2.43. The molecule has 2 unspecified atom stereocenters. The van der Waals surface area contributed by atoms with Gasteiger partial charge in [0.15, 0.2) is 0 Å². The summed E-state index contributed by atoms with van der Waals surface area (Å²) in [4.78, 5) is 25.1. The second-order valence-electron chi connectivity index (χ2n) is 5.85. The molecule has 2 rings (SSSR count). The van der Waals surface area contributed by atoms with Gasteiger partial charge in [0.1, 0.15) is 5.54 Å². The molecule has 0 bridgehead atoms. The summed E-state index contributed by atoms with van der Waals surface area (Å²) in [6, 6.07) is -0.0231. The van der Waals surface area contributed by atoms with Crippen molar-refractivity contribution in [2.24, 2.45) is 5.73 Å². The first-order valence-corrected chi connectivity index (χ1v) is 6.99. The van der Waals surface area contributed by atoms with Gasteiger partial charge in [-0.25, -0.2) is 0 Å². The highest BCUT2D eigenvalue weighted by Crippen LogP contribution is 2.22. The Morgan fingerprint density at radius 3 is 2.58 bits per heavy atom. The van der Waals surface area contributed by atoms with Crippen LogP contribution >= 0.6 is 0 Å². The molecule has 19 heavy (non-hydrogen) atoms. The summed E-state index contributed by atoms with van der Waals surface area (Å²) < 4.78 is 0. The van der Waals surface area contributed by atoms with Gasteiger partial charge in [-0.05, 0) is 26.2 Å². The third-order valence-corrected chi connectivity index (χ3v) is 4.39. The number of amides is 1. The monoisotopic (exact) mass is 269 g/mol. The van der Waals surface area contributed by atoms with Crippen LogP contribution in [0, 0.1) is 0 Å². The molecule has 6 nitrogen and oxygen atoms in total. The molecule has 1 saturated carbocycles. The number of carbonyl (C=O) groups excluding carboxylic acids is 1. The van der Waals surface area contributed by atoms with E-state index in [1.54, 1.807) is 0 Å². The van der Waals surface area contributed by atoms with Gasteiger partial charge >= 0.3 is 5.97 Å². The van der Waals surface area contributed by atoms with Gasteiger partial charge in [0.2, 0.25) is 5.91 Å². The van der Waals surface area contributed by atoms with Gasteiger partial charge in [0, 0.05) is 19.1 Å². The molecule has 0 aromatic heterocycles. The van der Waals surface area contributed by atoms with Crippen molar-refractivity contribution in [3.05, 3.63) is 0 Å². The van der Waals surface area contributed by atoms with Crippen molar-refractivity contribution >= 4 is 11.9 Å². The Balaban J connectivity index is 1.88. The van der Waals surface area contributed by atoms with Crippen LogP contribution in [0.4, 0.5) is 0 Å². The van der Waals surface area contributed by atoms with Crippen LogP contribution in [0.5, 0.6) is 0 Å². The van der Waals surface area contributed by atoms with Crippen LogP contribution in [0.1, 0.15) is 39.0 Å². The number of hydrogen-bond donors (Lipinski definition) is 3. The Morgan fingerprint density at radius 1 is 1.42 bits per heavy atom. The number of nitrogens with one attached hydrogen (secondary N) is 1. The van der Waals surface area contributed by atoms with Crippen molar-refractivity contribution in [1.29, 1.82) is 0 Å². The zero-order valence-electron chi connectivity index (χ0n) is 11.4. The Bertz CT molecular complexity index is 368. The maximum atomic E-state index is 12.1. The summed E-state index contributed by atoms with van der Waals surface area (Å²) in [6.07, 6.45) is 4.84. The summed E-state index contributed by atoms with van der Waals surface area (Å²) in [5.74, 6) is -1.00. The smallest absolute Gasteiger partial charge is 0.325 e. The van der Waals surface area contributed by atoms with Crippen molar-refractivity contribution in [3.63, 3.8) is 0 Å². The van der Waals surface area contributed by atoms with E-state index in [1.165, 1.54) is 12.8 Å². The second-order valence-corrected chi connectivity index (χ2v) is 5.85. The molecule has 0 aromatic carbocycles. The number of carbonyl (C=O) groups is 2. The van der Waals surface area contributed by atoms with Crippen LogP contribution in [0.15, 0.2) is 0 Å². The van der Waals surface area contributed by atoms with Gasteiger partial charge in [0.25, 0.3) is 0 Å². The fourth-order valence-electron chi connectivity index (χ4n) is 2.93. The predicted molar refractivity (Wildman–Crippen MR) is 70.6 cm³/mol. The van der Waals surface area contributed by atoms with Gasteiger partial charge < -0.3 is 16.2 Å². The molecule has 1 saturated heterocycles. The first kappa shape index (κ1) is 14.3. The van der Waals surface area contributed by atoms with Crippen LogP contribution in [0.2, 0.25) is 0 Å². The summed E-state index contributed by atoms with van der Waals surface area (Å²) in [5, 5.41) is 12.1. The molecule has 2 aliphatic rings. The molecule has 108 valence electrons. The molecule has 1 aliphatic heterocycles. The number of aliphatic carboxylic acids is 1. The van der Waals surface area contributed by atoms with Gasteiger partial charge in [0.05, 0.1) is 6.04 Å². The summed E-state index contributed by atoms with van der Waals surface area (Å²) in [6.45, 7) is 2.61. The lowest BCUT2D eigenvalue weighted by Gasteiger charge is -2.26. The number of likely N-dealkylation sites (tertiary alicyclic amines) is 1. The van der Waals surface area contributed by atoms with E-state index >= 15 is 0 Å². The molecule has 1 heterocycles. The van der Waals surface area contributed by atoms with Crippen LogP contribution in [-0.2, 0) is 9.59 Å². The lowest BCUT2D eigenvalue weighted by molar-refractivity contribution is -0.143. The summed E-state index contributed by atoms with van der Waals surface area (Å²) >= 11 is 0. The third-order valence-electron chi connectivity index (χ3n) is 4.39. The largest absolute Gasteiger partial charge is 0.480 e. The molecule has 1 aliphatic carbocycles. The highest BCUT2D eigenvalue weighted by atomic mass is 16.4. The fourth-order valence-corrected chi connectivity index (χ4v) is 2.93. The number of nitrogens with two attached hydrogens (primary N) is 1. The predicted octanol–water partition coefficient (Wildman–Crippen LogP) is -0.0785. The fraction of sp³-hybridized carbons (Fsp3) is 0.846. The normalized spacial score (nSPS) is 30.4. The Hall–Kier alpha value is -1.14. The average molecular weight is 269 g/mol. The van der Waals surface area contributed by atoms with E-state index in [1.807, 2.05) is 11.8 Å². The summed E-state index contributed by atoms with van der Waals surface area (Å²) in [5.41, 5.74) is 4.61. The topological polar surface area (TPSA) is 95.7 Å². The number of carboxylic acids is 1. The van der Waals surface area contributed by atoms with Crippen molar-refractivity contribution in [2.45, 2.75) is 56.7 Å². The average Bonchev–Trinajstić information content (AvgIpc) is 2.98. The quantitative estimate of drug-likeness (QED) is 0.663. The van der Waals surface area contributed by atoms with Gasteiger partial charge in [-0.1, -0.05) is 12.8 Å². The van der Waals surface area contributed by atoms with E-state index in [2.05, 4.69) is 5.32 Å². The third kappa shape index (κ3) is 3.06. The number of rotatable bonds is 4. The Labute approximate surface area is 113 Å². The van der Waals surface area contributed by atoms with Gasteiger partial charge in [-0.3, -0.25) is 14.5 Å². The second kappa shape index (κ2) is 5.46. The lowest BCUT2D eigenvalue weighted by Crippen LogP contribution is -2.53. The molecular weight excluding hydrogens is 246 g/mol. The molecular formula is C13H23N3O3. The van der Waals surface area contributed by atoms with Crippen molar-refractivity contribution in [2.75, 3.05) is 13.1 Å². The van der Waals surface area contributed by atoms with Crippen molar-refractivity contribution < 1.29 is 14.7 Å². The minimum atomic E-state index is -1.21. The van der Waals surface area contributed by atoms with E-state index in [0.29, 0.717) is 19.0 Å². The molecule has 1 amide bonds. The zero-order chi connectivity index (χ0) is 14.0. The maximum Gasteiger partial charge on any atom is 0.325 e. The van der Waals surface area contributed by atoms with Crippen LogP contribution < -0.4 is 11.1 Å². The lowest BCUT2D eigenvalue weighted by atomic mass is 10.0. The van der Waals surface area contributed by atoms with Crippen molar-refractivity contribution in [1.82, 2.24) is 10.2 Å². The van der Waals surface area contributed by atoms with E-state index in [-0.39, 0.29) is 18.5 Å². The number of carboxylic acid groups (broad SMARTS) is 1. The van der Waals surface area contributed by atoms with Crippen molar-refractivity contribution in [3.8, 4) is 0 Å². The highest BCUT2D eigenvalue weighted by molar-refractivity contribution is 5.83. The maximum absolute atomic E-state index is 12.1.